The summed E-state index contributed by atoms with van der Waals surface area (Å²) < 4.78 is 43.7. The smallest absolute Gasteiger partial charge is 0.232 e. The zero-order valence-corrected chi connectivity index (χ0v) is 17.9. The fourth-order valence-corrected chi connectivity index (χ4v) is 3.72. The van der Waals surface area contributed by atoms with Crippen LogP contribution >= 0.6 is 11.6 Å². The van der Waals surface area contributed by atoms with Crippen LogP contribution in [-0.4, -0.2) is 40.3 Å². The topological polar surface area (TPSA) is 75.7 Å². The minimum Gasteiger partial charge on any atom is -0.492 e. The van der Waals surface area contributed by atoms with Crippen LogP contribution in [0.1, 0.15) is 18.4 Å². The Morgan fingerprint density at radius 3 is 2.52 bits per heavy atom. The van der Waals surface area contributed by atoms with Gasteiger partial charge in [0.1, 0.15) is 18.2 Å². The molecule has 0 radical (unpaired) electrons. The van der Waals surface area contributed by atoms with E-state index >= 15 is 0 Å². The molecule has 2 rings (SSSR count). The van der Waals surface area contributed by atoms with Crippen LogP contribution < -0.4 is 14.4 Å². The zero-order valence-electron chi connectivity index (χ0n) is 16.3. The number of ether oxygens (including phenoxy) is 1. The number of amides is 1. The minimum atomic E-state index is -3.50. The van der Waals surface area contributed by atoms with Gasteiger partial charge >= 0.3 is 0 Å². The van der Waals surface area contributed by atoms with Crippen molar-refractivity contribution in [3.63, 3.8) is 0 Å². The molecule has 0 spiro atoms. The summed E-state index contributed by atoms with van der Waals surface area (Å²) in [5, 5.41) is 3.19. The predicted molar refractivity (Wildman–Crippen MR) is 113 cm³/mol. The molecular formula is C20H24ClFN2O4S. The number of nitrogens with one attached hydrogen (secondary N) is 1. The van der Waals surface area contributed by atoms with Crippen molar-refractivity contribution in [1.29, 1.82) is 0 Å². The number of hydrogen-bond donors (Lipinski definition) is 1. The third kappa shape index (κ3) is 7.55. The number of carbonyl (C=O) groups excluding carboxylic acids is 1. The number of hydrogen-bond acceptors (Lipinski definition) is 4. The van der Waals surface area contributed by atoms with E-state index in [0.717, 1.165) is 11.8 Å². The summed E-state index contributed by atoms with van der Waals surface area (Å²) in [7, 11) is -3.50. The van der Waals surface area contributed by atoms with Gasteiger partial charge in [0.15, 0.2) is 0 Å². The van der Waals surface area contributed by atoms with E-state index in [2.05, 4.69) is 5.32 Å². The SMILES string of the molecule is Cc1ccc(N(CCCC(=O)NCCOc2ccc(F)cc2)S(C)(=O)=O)cc1Cl. The van der Waals surface area contributed by atoms with E-state index in [1.54, 1.807) is 18.2 Å². The van der Waals surface area contributed by atoms with Crippen molar-refractivity contribution in [2.75, 3.05) is 30.3 Å². The largest absolute Gasteiger partial charge is 0.492 e. The van der Waals surface area contributed by atoms with Gasteiger partial charge in [-0.1, -0.05) is 17.7 Å². The number of benzene rings is 2. The standard InChI is InChI=1S/C20H24ClFN2O4S/c1-15-5-8-17(14-19(15)21)24(29(2,26)27)12-3-4-20(25)23-11-13-28-18-9-6-16(22)7-10-18/h5-10,14H,3-4,11-13H2,1-2H3,(H,23,25). The number of aryl methyl sites for hydroxylation is 1. The molecule has 0 aliphatic rings. The summed E-state index contributed by atoms with van der Waals surface area (Å²) >= 11 is 6.10. The van der Waals surface area contributed by atoms with Gasteiger partial charge in [-0.05, 0) is 55.3 Å². The average molecular weight is 443 g/mol. The van der Waals surface area contributed by atoms with E-state index in [1.165, 1.54) is 28.6 Å². The first-order valence-corrected chi connectivity index (χ1v) is 11.3. The Hall–Kier alpha value is -2.32. The van der Waals surface area contributed by atoms with Crippen LogP contribution in [0.4, 0.5) is 10.1 Å². The third-order valence-electron chi connectivity index (χ3n) is 4.12. The maximum Gasteiger partial charge on any atom is 0.232 e. The highest BCUT2D eigenvalue weighted by Crippen LogP contribution is 2.25. The molecule has 0 heterocycles. The number of halogens is 2. The number of anilines is 1. The number of carbonyl (C=O) groups is 1. The van der Waals surface area contributed by atoms with Gasteiger partial charge in [0, 0.05) is 18.0 Å². The van der Waals surface area contributed by atoms with Crippen molar-refractivity contribution < 1.29 is 22.3 Å². The highest BCUT2D eigenvalue weighted by molar-refractivity contribution is 7.92. The van der Waals surface area contributed by atoms with Crippen molar-refractivity contribution >= 4 is 33.2 Å². The lowest BCUT2D eigenvalue weighted by Gasteiger charge is -2.23. The van der Waals surface area contributed by atoms with Crippen LogP contribution in [0.5, 0.6) is 5.75 Å². The first-order valence-electron chi connectivity index (χ1n) is 9.06. The molecule has 0 saturated carbocycles. The van der Waals surface area contributed by atoms with Gasteiger partial charge in [-0.2, -0.15) is 0 Å². The molecule has 2 aromatic rings. The summed E-state index contributed by atoms with van der Waals surface area (Å²) in [5.41, 5.74) is 1.32. The lowest BCUT2D eigenvalue weighted by atomic mass is 10.2. The van der Waals surface area contributed by atoms with Crippen LogP contribution in [-0.2, 0) is 14.8 Å². The second-order valence-electron chi connectivity index (χ2n) is 6.52. The monoisotopic (exact) mass is 442 g/mol. The van der Waals surface area contributed by atoms with E-state index in [1.807, 2.05) is 6.92 Å². The van der Waals surface area contributed by atoms with Gasteiger partial charge < -0.3 is 10.1 Å². The molecule has 1 amide bonds. The summed E-state index contributed by atoms with van der Waals surface area (Å²) in [6, 6.07) is 10.7. The maximum atomic E-state index is 12.8. The van der Waals surface area contributed by atoms with Crippen molar-refractivity contribution in [2.45, 2.75) is 19.8 Å². The van der Waals surface area contributed by atoms with Crippen molar-refractivity contribution in [1.82, 2.24) is 5.32 Å². The first-order chi connectivity index (χ1) is 13.7. The Morgan fingerprint density at radius 1 is 1.21 bits per heavy atom. The number of sulfonamides is 1. The van der Waals surface area contributed by atoms with Crippen LogP contribution in [0.3, 0.4) is 0 Å². The van der Waals surface area contributed by atoms with Gasteiger partial charge in [0.2, 0.25) is 15.9 Å². The van der Waals surface area contributed by atoms with E-state index in [0.29, 0.717) is 29.4 Å². The normalized spacial score (nSPS) is 11.2. The third-order valence-corrected chi connectivity index (χ3v) is 5.72. The van der Waals surface area contributed by atoms with Crippen molar-refractivity contribution in [3.05, 3.63) is 58.9 Å². The van der Waals surface area contributed by atoms with Crippen molar-refractivity contribution in [2.24, 2.45) is 0 Å². The number of rotatable bonds is 10. The molecule has 2 aromatic carbocycles. The second kappa shape index (κ2) is 10.5. The van der Waals surface area contributed by atoms with Gasteiger partial charge in [-0.25, -0.2) is 12.8 Å². The highest BCUT2D eigenvalue weighted by Gasteiger charge is 2.18. The maximum absolute atomic E-state index is 12.8. The molecule has 0 fully saturated rings. The molecule has 0 atom stereocenters. The van der Waals surface area contributed by atoms with E-state index in [4.69, 9.17) is 16.3 Å². The molecule has 0 bridgehead atoms. The molecular weight excluding hydrogens is 419 g/mol. The van der Waals surface area contributed by atoms with Gasteiger partial charge in [0.25, 0.3) is 0 Å². The van der Waals surface area contributed by atoms with E-state index in [-0.39, 0.29) is 31.3 Å². The molecule has 0 unspecified atom stereocenters. The van der Waals surface area contributed by atoms with Crippen LogP contribution in [0.2, 0.25) is 5.02 Å². The molecule has 29 heavy (non-hydrogen) atoms. The van der Waals surface area contributed by atoms with Gasteiger partial charge in [0.05, 0.1) is 18.5 Å². The highest BCUT2D eigenvalue weighted by atomic mass is 35.5. The first kappa shape index (κ1) is 23.0. The zero-order chi connectivity index (χ0) is 21.4. The van der Waals surface area contributed by atoms with E-state index in [9.17, 15) is 17.6 Å². The Kier molecular flexibility index (Phi) is 8.28. The van der Waals surface area contributed by atoms with Crippen molar-refractivity contribution in [3.8, 4) is 5.75 Å². The minimum absolute atomic E-state index is 0.164. The van der Waals surface area contributed by atoms with E-state index < -0.39 is 10.0 Å². The number of nitrogens with zero attached hydrogens (tertiary/aromatic N) is 1. The molecule has 1 N–H and O–H groups in total. The molecule has 0 saturated heterocycles. The summed E-state index contributed by atoms with van der Waals surface area (Å²) in [4.78, 5) is 12.0. The van der Waals surface area contributed by atoms with Crippen LogP contribution in [0.15, 0.2) is 42.5 Å². The van der Waals surface area contributed by atoms with Gasteiger partial charge in [-0.3, -0.25) is 9.10 Å². The van der Waals surface area contributed by atoms with Gasteiger partial charge in [-0.15, -0.1) is 0 Å². The average Bonchev–Trinajstić information content (AvgIpc) is 2.65. The Bertz CT molecular complexity index is 936. The van der Waals surface area contributed by atoms with Crippen LogP contribution in [0.25, 0.3) is 0 Å². The summed E-state index contributed by atoms with van der Waals surface area (Å²) in [6.07, 6.45) is 1.64. The Labute approximate surface area is 175 Å². The molecule has 0 aromatic heterocycles. The fourth-order valence-electron chi connectivity index (χ4n) is 2.59. The second-order valence-corrected chi connectivity index (χ2v) is 8.84. The summed E-state index contributed by atoms with van der Waals surface area (Å²) in [6.45, 7) is 2.53. The lowest BCUT2D eigenvalue weighted by molar-refractivity contribution is -0.121. The molecule has 0 aliphatic carbocycles. The molecule has 158 valence electrons. The Balaban J connectivity index is 1.77. The summed E-state index contributed by atoms with van der Waals surface area (Å²) in [5.74, 6) is -0.0361. The fraction of sp³-hybridized carbons (Fsp3) is 0.350. The lowest BCUT2D eigenvalue weighted by Crippen LogP contribution is -2.33. The predicted octanol–water partition coefficient (Wildman–Crippen LogP) is 3.53. The molecule has 6 nitrogen and oxygen atoms in total. The Morgan fingerprint density at radius 2 is 1.90 bits per heavy atom. The quantitative estimate of drug-likeness (QED) is 0.571. The molecule has 9 heteroatoms. The van der Waals surface area contributed by atoms with Crippen LogP contribution in [0, 0.1) is 12.7 Å². The molecule has 0 aliphatic heterocycles.